The Kier molecular flexibility index (Phi) is 7.25. The molecule has 0 fully saturated rings. The van der Waals surface area contributed by atoms with E-state index in [2.05, 4.69) is 32.5 Å². The molecule has 0 aromatic carbocycles. The minimum Gasteiger partial charge on any atom is -0.477 e. The van der Waals surface area contributed by atoms with Crippen LogP contribution in [-0.2, 0) is 13.1 Å². The van der Waals surface area contributed by atoms with Crippen molar-refractivity contribution >= 4 is 5.96 Å². The Bertz CT molecular complexity index is 677. The zero-order valence-corrected chi connectivity index (χ0v) is 15.4. The van der Waals surface area contributed by atoms with Crippen molar-refractivity contribution in [3.05, 3.63) is 41.2 Å². The molecular formula is C18H27N5O2. The van der Waals surface area contributed by atoms with Gasteiger partial charge in [-0.25, -0.2) is 9.97 Å². The molecule has 0 spiro atoms. The molecule has 0 saturated heterocycles. The summed E-state index contributed by atoms with van der Waals surface area (Å²) in [6, 6.07) is 3.90. The van der Waals surface area contributed by atoms with E-state index in [1.165, 1.54) is 0 Å². The average molecular weight is 345 g/mol. The monoisotopic (exact) mass is 345 g/mol. The second-order valence-electron chi connectivity index (χ2n) is 5.70. The van der Waals surface area contributed by atoms with Gasteiger partial charge in [0.1, 0.15) is 5.76 Å². The third kappa shape index (κ3) is 5.77. The molecule has 2 rings (SSSR count). The predicted molar refractivity (Wildman–Crippen MR) is 97.7 cm³/mol. The molecule has 0 aliphatic heterocycles. The van der Waals surface area contributed by atoms with Gasteiger partial charge in [-0.15, -0.1) is 0 Å². The van der Waals surface area contributed by atoms with E-state index in [0.717, 1.165) is 29.9 Å². The molecule has 0 bridgehead atoms. The standard InChI is InChI=1S/C18H27N5O2/c1-5-6-10-24-17-15(8-7-9-20-17)11-21-18(19-4)22-12-16-23-13(2)14(3)25-16/h7-9H,5-6,10-12H2,1-4H3,(H2,19,21,22). The summed E-state index contributed by atoms with van der Waals surface area (Å²) >= 11 is 0. The van der Waals surface area contributed by atoms with Crippen LogP contribution in [0.15, 0.2) is 27.7 Å². The second kappa shape index (κ2) is 9.66. The lowest BCUT2D eigenvalue weighted by molar-refractivity contribution is 0.294. The molecule has 0 aliphatic carbocycles. The van der Waals surface area contributed by atoms with E-state index in [0.29, 0.717) is 37.4 Å². The minimum atomic E-state index is 0.473. The van der Waals surface area contributed by atoms with E-state index in [-0.39, 0.29) is 0 Å². The third-order valence-electron chi connectivity index (χ3n) is 3.74. The first-order valence-electron chi connectivity index (χ1n) is 8.58. The number of ether oxygens (including phenoxy) is 1. The maximum absolute atomic E-state index is 5.75. The normalized spacial score (nSPS) is 11.4. The molecule has 2 aromatic heterocycles. The number of unbranched alkanes of at least 4 members (excludes halogenated alkanes) is 1. The van der Waals surface area contributed by atoms with Crippen LogP contribution in [0.1, 0.15) is 42.7 Å². The fraction of sp³-hybridized carbons (Fsp3) is 0.500. The van der Waals surface area contributed by atoms with Gasteiger partial charge in [0.2, 0.25) is 11.8 Å². The van der Waals surface area contributed by atoms with Crippen LogP contribution in [0.3, 0.4) is 0 Å². The fourth-order valence-electron chi connectivity index (χ4n) is 2.18. The van der Waals surface area contributed by atoms with Crippen LogP contribution < -0.4 is 15.4 Å². The number of oxazole rings is 1. The third-order valence-corrected chi connectivity index (χ3v) is 3.74. The van der Waals surface area contributed by atoms with Crippen molar-refractivity contribution in [2.24, 2.45) is 4.99 Å². The van der Waals surface area contributed by atoms with Gasteiger partial charge in [-0.2, -0.15) is 0 Å². The van der Waals surface area contributed by atoms with Crippen molar-refractivity contribution < 1.29 is 9.15 Å². The number of hydrogen-bond acceptors (Lipinski definition) is 5. The number of nitrogens with zero attached hydrogens (tertiary/aromatic N) is 3. The number of aryl methyl sites for hydroxylation is 2. The first kappa shape index (κ1) is 18.8. The van der Waals surface area contributed by atoms with Crippen LogP contribution in [0.25, 0.3) is 0 Å². The van der Waals surface area contributed by atoms with E-state index in [9.17, 15) is 0 Å². The molecule has 0 amide bonds. The van der Waals surface area contributed by atoms with E-state index < -0.39 is 0 Å². The molecule has 0 unspecified atom stereocenters. The zero-order valence-electron chi connectivity index (χ0n) is 15.4. The van der Waals surface area contributed by atoms with Crippen molar-refractivity contribution in [1.29, 1.82) is 0 Å². The number of aromatic nitrogens is 2. The Balaban J connectivity index is 1.88. The van der Waals surface area contributed by atoms with Gasteiger partial charge in [0.15, 0.2) is 5.96 Å². The van der Waals surface area contributed by atoms with Gasteiger partial charge >= 0.3 is 0 Å². The minimum absolute atomic E-state index is 0.473. The number of nitrogens with one attached hydrogen (secondary N) is 2. The van der Waals surface area contributed by atoms with Crippen LogP contribution in [-0.4, -0.2) is 29.6 Å². The lowest BCUT2D eigenvalue weighted by Crippen LogP contribution is -2.36. The molecular weight excluding hydrogens is 318 g/mol. The first-order valence-corrected chi connectivity index (χ1v) is 8.58. The van der Waals surface area contributed by atoms with Gasteiger partial charge in [0, 0.05) is 25.4 Å². The molecule has 7 nitrogen and oxygen atoms in total. The number of aliphatic imine (C=N–C) groups is 1. The SMILES string of the molecule is CCCCOc1ncccc1CNC(=NC)NCc1nc(C)c(C)o1. The highest BCUT2D eigenvalue weighted by molar-refractivity contribution is 5.79. The van der Waals surface area contributed by atoms with Crippen LogP contribution in [0.5, 0.6) is 5.88 Å². The second-order valence-corrected chi connectivity index (χ2v) is 5.70. The number of rotatable bonds is 8. The number of guanidine groups is 1. The van der Waals surface area contributed by atoms with Gasteiger partial charge in [-0.05, 0) is 26.3 Å². The Morgan fingerprint density at radius 3 is 2.76 bits per heavy atom. The van der Waals surface area contributed by atoms with E-state index >= 15 is 0 Å². The van der Waals surface area contributed by atoms with Crippen LogP contribution >= 0.6 is 0 Å². The summed E-state index contributed by atoms with van der Waals surface area (Å²) in [6.45, 7) is 7.69. The molecule has 0 aliphatic rings. The Hall–Kier alpha value is -2.57. The van der Waals surface area contributed by atoms with Gasteiger partial charge in [0.25, 0.3) is 0 Å². The smallest absolute Gasteiger partial charge is 0.218 e. The first-order chi connectivity index (χ1) is 12.1. The lowest BCUT2D eigenvalue weighted by atomic mass is 10.2. The van der Waals surface area contributed by atoms with Crippen LogP contribution in [0, 0.1) is 13.8 Å². The van der Waals surface area contributed by atoms with Crippen molar-refractivity contribution in [2.75, 3.05) is 13.7 Å². The molecule has 0 atom stereocenters. The highest BCUT2D eigenvalue weighted by Gasteiger charge is 2.08. The molecule has 2 N–H and O–H groups in total. The lowest BCUT2D eigenvalue weighted by Gasteiger charge is -2.13. The topological polar surface area (TPSA) is 84.6 Å². The van der Waals surface area contributed by atoms with Crippen molar-refractivity contribution in [3.8, 4) is 5.88 Å². The Labute approximate surface area is 148 Å². The van der Waals surface area contributed by atoms with Crippen LogP contribution in [0.4, 0.5) is 0 Å². The number of hydrogen-bond donors (Lipinski definition) is 2. The van der Waals surface area contributed by atoms with Gasteiger partial charge in [-0.3, -0.25) is 4.99 Å². The van der Waals surface area contributed by atoms with Gasteiger partial charge in [0.05, 0.1) is 18.8 Å². The molecule has 0 saturated carbocycles. The molecule has 7 heteroatoms. The van der Waals surface area contributed by atoms with Gasteiger partial charge < -0.3 is 19.8 Å². The predicted octanol–water partition coefficient (Wildman–Crippen LogP) is 2.73. The summed E-state index contributed by atoms with van der Waals surface area (Å²) in [5.41, 5.74) is 1.90. The van der Waals surface area contributed by atoms with Crippen LogP contribution in [0.2, 0.25) is 0 Å². The van der Waals surface area contributed by atoms with E-state index in [1.807, 2.05) is 26.0 Å². The summed E-state index contributed by atoms with van der Waals surface area (Å²) < 4.78 is 11.3. The van der Waals surface area contributed by atoms with Crippen molar-refractivity contribution in [2.45, 2.75) is 46.7 Å². The van der Waals surface area contributed by atoms with E-state index in [4.69, 9.17) is 9.15 Å². The molecule has 2 heterocycles. The van der Waals surface area contributed by atoms with Crippen molar-refractivity contribution in [1.82, 2.24) is 20.6 Å². The molecule has 2 aromatic rings. The quantitative estimate of drug-likeness (QED) is 0.435. The number of pyridine rings is 1. The maximum Gasteiger partial charge on any atom is 0.218 e. The van der Waals surface area contributed by atoms with Crippen molar-refractivity contribution in [3.63, 3.8) is 0 Å². The molecule has 25 heavy (non-hydrogen) atoms. The fourth-order valence-corrected chi connectivity index (χ4v) is 2.18. The van der Waals surface area contributed by atoms with E-state index in [1.54, 1.807) is 13.2 Å². The van der Waals surface area contributed by atoms with Gasteiger partial charge in [-0.1, -0.05) is 19.4 Å². The summed E-state index contributed by atoms with van der Waals surface area (Å²) in [5.74, 6) is 2.81. The summed E-state index contributed by atoms with van der Waals surface area (Å²) in [4.78, 5) is 12.9. The Morgan fingerprint density at radius 1 is 1.28 bits per heavy atom. The zero-order chi connectivity index (χ0) is 18.1. The Morgan fingerprint density at radius 2 is 2.08 bits per heavy atom. The summed E-state index contributed by atoms with van der Waals surface area (Å²) in [5, 5.41) is 6.45. The summed E-state index contributed by atoms with van der Waals surface area (Å²) in [7, 11) is 1.73. The summed E-state index contributed by atoms with van der Waals surface area (Å²) in [6.07, 6.45) is 3.85. The molecule has 136 valence electrons. The molecule has 0 radical (unpaired) electrons. The maximum atomic E-state index is 5.75. The average Bonchev–Trinajstić information content (AvgIpc) is 2.94. The highest BCUT2D eigenvalue weighted by Crippen LogP contribution is 2.14. The largest absolute Gasteiger partial charge is 0.477 e. The highest BCUT2D eigenvalue weighted by atomic mass is 16.5.